The number of ether oxygens (including phenoxy) is 2. The molecule has 0 aromatic heterocycles. The Kier molecular flexibility index (Phi) is 2.92. The third-order valence-electron chi connectivity index (χ3n) is 7.42. The lowest BCUT2D eigenvalue weighted by atomic mass is 9.38. The number of allylic oxidation sites excluding steroid dienone is 2. The highest BCUT2D eigenvalue weighted by Crippen LogP contribution is 2.70. The first kappa shape index (κ1) is 14.0. The highest BCUT2D eigenvalue weighted by Gasteiger charge is 2.65. The molecular formula is C19H28O3. The van der Waals surface area contributed by atoms with Gasteiger partial charge in [0.25, 0.3) is 0 Å². The second-order valence-corrected chi connectivity index (χ2v) is 8.59. The Labute approximate surface area is 133 Å². The molecule has 0 aromatic carbocycles. The first-order chi connectivity index (χ1) is 10.6. The van der Waals surface area contributed by atoms with Crippen molar-refractivity contribution in [2.75, 3.05) is 0 Å². The van der Waals surface area contributed by atoms with Gasteiger partial charge in [-0.3, -0.25) is 0 Å². The van der Waals surface area contributed by atoms with Gasteiger partial charge in [-0.15, -0.1) is 0 Å². The molecule has 7 aliphatic rings. The van der Waals surface area contributed by atoms with E-state index in [1.54, 1.807) is 6.92 Å². The summed E-state index contributed by atoms with van der Waals surface area (Å²) < 4.78 is 12.1. The van der Waals surface area contributed by atoms with Crippen molar-refractivity contribution >= 4 is 0 Å². The number of aliphatic hydroxyl groups is 1. The Morgan fingerprint density at radius 1 is 1.18 bits per heavy atom. The molecule has 122 valence electrons. The molecule has 6 atom stereocenters. The molecule has 0 aromatic rings. The fraction of sp³-hybridized carbons (Fsp3) is 0.895. The highest BCUT2D eigenvalue weighted by atomic mass is 16.7. The van der Waals surface area contributed by atoms with E-state index in [2.05, 4.69) is 13.0 Å². The smallest absolute Gasteiger partial charge is 0.161 e. The molecule has 3 nitrogen and oxygen atoms in total. The Balaban J connectivity index is 1.43. The van der Waals surface area contributed by atoms with Gasteiger partial charge in [0.2, 0.25) is 0 Å². The van der Waals surface area contributed by atoms with Gasteiger partial charge < -0.3 is 14.6 Å². The quantitative estimate of drug-likeness (QED) is 0.624. The van der Waals surface area contributed by atoms with Crippen LogP contribution >= 0.6 is 0 Å². The molecule has 0 spiro atoms. The van der Waals surface area contributed by atoms with Crippen LogP contribution in [0.3, 0.4) is 0 Å². The van der Waals surface area contributed by atoms with Crippen molar-refractivity contribution in [3.8, 4) is 0 Å². The van der Waals surface area contributed by atoms with Gasteiger partial charge in [-0.2, -0.15) is 0 Å². The Bertz CT molecular complexity index is 485. The van der Waals surface area contributed by atoms with E-state index in [0.717, 1.165) is 41.9 Å². The first-order valence-electron chi connectivity index (χ1n) is 9.31. The summed E-state index contributed by atoms with van der Waals surface area (Å²) in [6.45, 7) is 3.76. The predicted molar refractivity (Wildman–Crippen MR) is 82.8 cm³/mol. The summed E-state index contributed by atoms with van der Waals surface area (Å²) in [7, 11) is 0. The van der Waals surface area contributed by atoms with E-state index >= 15 is 0 Å². The average molecular weight is 304 g/mol. The minimum Gasteiger partial charge on any atom is -0.368 e. The van der Waals surface area contributed by atoms with Crippen LogP contribution in [0.5, 0.6) is 0 Å². The molecule has 0 radical (unpaired) electrons. The van der Waals surface area contributed by atoms with E-state index in [9.17, 15) is 5.11 Å². The highest BCUT2D eigenvalue weighted by molar-refractivity contribution is 5.33. The van der Waals surface area contributed by atoms with Gasteiger partial charge in [-0.1, -0.05) is 18.6 Å². The SMILES string of the molecule is CCC(OC(C)O)OC12CC3C4=CC5CC3C(C1)C(C5)C4C2. The van der Waals surface area contributed by atoms with Crippen molar-refractivity contribution < 1.29 is 14.6 Å². The van der Waals surface area contributed by atoms with Gasteiger partial charge in [0.15, 0.2) is 12.6 Å². The summed E-state index contributed by atoms with van der Waals surface area (Å²) >= 11 is 0. The van der Waals surface area contributed by atoms with E-state index in [1.165, 1.54) is 32.1 Å². The van der Waals surface area contributed by atoms with Gasteiger partial charge in [0, 0.05) is 0 Å². The largest absolute Gasteiger partial charge is 0.368 e. The molecule has 0 saturated heterocycles. The van der Waals surface area contributed by atoms with Crippen LogP contribution in [0.15, 0.2) is 11.6 Å². The zero-order valence-corrected chi connectivity index (χ0v) is 13.7. The lowest BCUT2D eigenvalue weighted by Crippen LogP contribution is -2.64. The first-order valence-corrected chi connectivity index (χ1v) is 9.31. The van der Waals surface area contributed by atoms with Crippen molar-refractivity contribution in [2.45, 2.75) is 70.6 Å². The molecule has 3 heteroatoms. The predicted octanol–water partition coefficient (Wildman–Crippen LogP) is 3.47. The van der Waals surface area contributed by atoms with E-state index in [0.29, 0.717) is 0 Å². The summed E-state index contributed by atoms with van der Waals surface area (Å²) in [6, 6.07) is 0. The lowest BCUT2D eigenvalue weighted by molar-refractivity contribution is -0.299. The second kappa shape index (κ2) is 4.58. The minimum atomic E-state index is -0.742. The van der Waals surface area contributed by atoms with E-state index in [-0.39, 0.29) is 11.9 Å². The Morgan fingerprint density at radius 3 is 2.45 bits per heavy atom. The number of rotatable bonds is 5. The molecule has 1 N–H and O–H groups in total. The van der Waals surface area contributed by atoms with Gasteiger partial charge >= 0.3 is 0 Å². The van der Waals surface area contributed by atoms with Crippen LogP contribution < -0.4 is 0 Å². The molecular weight excluding hydrogens is 276 g/mol. The average Bonchev–Trinajstić information content (AvgIpc) is 2.50. The van der Waals surface area contributed by atoms with Gasteiger partial charge in [-0.05, 0) is 81.0 Å². The zero-order chi connectivity index (χ0) is 15.1. The second-order valence-electron chi connectivity index (χ2n) is 8.59. The summed E-state index contributed by atoms with van der Waals surface area (Å²) in [4.78, 5) is 0. The summed E-state index contributed by atoms with van der Waals surface area (Å²) in [5.74, 6) is 5.31. The molecule has 7 aliphatic carbocycles. The number of hydrogen-bond donors (Lipinski definition) is 1. The van der Waals surface area contributed by atoms with Crippen LogP contribution in [0.1, 0.15) is 52.4 Å². The molecule has 8 bridgehead atoms. The van der Waals surface area contributed by atoms with Crippen molar-refractivity contribution in [1.29, 1.82) is 0 Å². The van der Waals surface area contributed by atoms with Gasteiger partial charge in [0.05, 0.1) is 5.60 Å². The summed E-state index contributed by atoms with van der Waals surface area (Å²) in [6.07, 6.45) is 9.01. The van der Waals surface area contributed by atoms with Crippen LogP contribution in [0.4, 0.5) is 0 Å². The van der Waals surface area contributed by atoms with Crippen LogP contribution in [0.2, 0.25) is 0 Å². The van der Waals surface area contributed by atoms with Crippen molar-refractivity contribution in [1.82, 2.24) is 0 Å². The Hall–Kier alpha value is -0.380. The van der Waals surface area contributed by atoms with Crippen LogP contribution in [-0.2, 0) is 9.47 Å². The van der Waals surface area contributed by atoms with Crippen molar-refractivity contribution in [3.63, 3.8) is 0 Å². The molecule has 0 amide bonds. The van der Waals surface area contributed by atoms with Crippen LogP contribution in [-0.4, -0.2) is 23.3 Å². The van der Waals surface area contributed by atoms with Gasteiger partial charge in [-0.25, -0.2) is 0 Å². The van der Waals surface area contributed by atoms with Gasteiger partial charge in [0.1, 0.15) is 0 Å². The fourth-order valence-electron chi connectivity index (χ4n) is 6.99. The minimum absolute atomic E-state index is 0.0318. The van der Waals surface area contributed by atoms with Crippen molar-refractivity contribution in [2.24, 2.45) is 35.5 Å². The van der Waals surface area contributed by atoms with Crippen molar-refractivity contribution in [3.05, 3.63) is 11.6 Å². The number of hydrogen-bond acceptors (Lipinski definition) is 3. The fourth-order valence-corrected chi connectivity index (χ4v) is 6.99. The normalized spacial score (nSPS) is 53.0. The molecule has 6 unspecified atom stereocenters. The maximum atomic E-state index is 9.54. The summed E-state index contributed by atoms with van der Waals surface area (Å²) in [5.41, 5.74) is 1.85. The van der Waals surface area contributed by atoms with Crippen LogP contribution in [0, 0.1) is 35.5 Å². The van der Waals surface area contributed by atoms with E-state index in [1.807, 2.05) is 5.57 Å². The maximum absolute atomic E-state index is 9.54. The standard InChI is InChI=1S/C19H28O3/c1-3-18(21-10(2)20)22-19-7-15-12-4-11-5-13(15)17(9-19)14(6-11)16(12)8-19/h4,10-11,13-18,20H,3,5-9H2,1-2H3. The topological polar surface area (TPSA) is 38.7 Å². The molecule has 0 heterocycles. The summed E-state index contributed by atoms with van der Waals surface area (Å²) in [5, 5.41) is 9.54. The molecule has 5 fully saturated rings. The maximum Gasteiger partial charge on any atom is 0.161 e. The third-order valence-corrected chi connectivity index (χ3v) is 7.42. The molecule has 0 aliphatic heterocycles. The Morgan fingerprint density at radius 2 is 1.86 bits per heavy atom. The van der Waals surface area contributed by atoms with E-state index < -0.39 is 6.29 Å². The third kappa shape index (κ3) is 1.79. The van der Waals surface area contributed by atoms with E-state index in [4.69, 9.17) is 9.47 Å². The lowest BCUT2D eigenvalue weighted by Gasteiger charge is -2.69. The zero-order valence-electron chi connectivity index (χ0n) is 13.7. The molecule has 22 heavy (non-hydrogen) atoms. The molecule has 5 saturated carbocycles. The van der Waals surface area contributed by atoms with Crippen LogP contribution in [0.25, 0.3) is 0 Å². The number of aliphatic hydroxyl groups excluding tert-OH is 1. The molecule has 7 rings (SSSR count). The monoisotopic (exact) mass is 304 g/mol.